The normalized spacial score (nSPS) is 10.6. The molecule has 154 valence electrons. The fourth-order valence-electron chi connectivity index (χ4n) is 2.95. The number of halogens is 4. The van der Waals surface area contributed by atoms with Gasteiger partial charge >= 0.3 is 0 Å². The number of ether oxygens (including phenoxy) is 1. The standard InChI is InChI=1S/C19H22Cl2N4O.2ClH/c1-3-25(10-8-20)11-9-22-18-14-5-4-13(21)12-16(14)23-15-6-7-17(26-2)24-19(15)18;;/h4-7,12H,3,8-11H2,1-2H3,(H,22,23);2*1H. The molecule has 28 heavy (non-hydrogen) atoms. The predicted octanol–water partition coefficient (Wildman–Crippen LogP) is 5.26. The van der Waals surface area contributed by atoms with Crippen molar-refractivity contribution >= 4 is 75.6 Å². The van der Waals surface area contributed by atoms with E-state index < -0.39 is 0 Å². The van der Waals surface area contributed by atoms with E-state index >= 15 is 0 Å². The number of fused-ring (bicyclic) bond motifs is 2. The fraction of sp³-hybridized carbons (Fsp3) is 0.368. The summed E-state index contributed by atoms with van der Waals surface area (Å²) in [7, 11) is 1.61. The Labute approximate surface area is 187 Å². The second-order valence-electron chi connectivity index (χ2n) is 5.92. The van der Waals surface area contributed by atoms with Crippen LogP contribution in [0.3, 0.4) is 0 Å². The summed E-state index contributed by atoms with van der Waals surface area (Å²) in [6.07, 6.45) is 0. The van der Waals surface area contributed by atoms with Crippen molar-refractivity contribution in [3.63, 3.8) is 0 Å². The summed E-state index contributed by atoms with van der Waals surface area (Å²) < 4.78 is 5.29. The van der Waals surface area contributed by atoms with Gasteiger partial charge in [-0.1, -0.05) is 18.5 Å². The molecule has 0 aliphatic rings. The van der Waals surface area contributed by atoms with Gasteiger partial charge in [0.25, 0.3) is 0 Å². The number of nitrogens with zero attached hydrogens (tertiary/aromatic N) is 3. The average Bonchev–Trinajstić information content (AvgIpc) is 2.66. The number of nitrogens with one attached hydrogen (secondary N) is 1. The first-order valence-electron chi connectivity index (χ1n) is 8.62. The van der Waals surface area contributed by atoms with Gasteiger partial charge in [-0.05, 0) is 30.8 Å². The van der Waals surface area contributed by atoms with Gasteiger partial charge in [0.2, 0.25) is 5.88 Å². The zero-order valence-corrected chi connectivity index (χ0v) is 18.9. The molecule has 3 rings (SSSR count). The zero-order valence-electron chi connectivity index (χ0n) is 15.7. The lowest BCUT2D eigenvalue weighted by molar-refractivity contribution is 0.318. The number of likely N-dealkylation sites (N-methyl/N-ethyl adjacent to an activating group) is 1. The second kappa shape index (κ2) is 11.7. The monoisotopic (exact) mass is 464 g/mol. The molecule has 5 nitrogen and oxygen atoms in total. The van der Waals surface area contributed by atoms with Gasteiger partial charge in [-0.3, -0.25) is 0 Å². The number of hydrogen-bond acceptors (Lipinski definition) is 5. The number of hydrogen-bond donors (Lipinski definition) is 1. The molecule has 2 heterocycles. The summed E-state index contributed by atoms with van der Waals surface area (Å²) in [6, 6.07) is 9.45. The zero-order chi connectivity index (χ0) is 18.5. The molecule has 2 aromatic heterocycles. The molecule has 0 amide bonds. The third-order valence-electron chi connectivity index (χ3n) is 4.34. The fourth-order valence-corrected chi connectivity index (χ4v) is 3.36. The van der Waals surface area contributed by atoms with E-state index in [0.717, 1.165) is 53.8 Å². The van der Waals surface area contributed by atoms with Gasteiger partial charge in [-0.25, -0.2) is 9.97 Å². The molecule has 0 unspecified atom stereocenters. The van der Waals surface area contributed by atoms with Crippen molar-refractivity contribution in [1.29, 1.82) is 0 Å². The number of rotatable bonds is 8. The van der Waals surface area contributed by atoms with E-state index in [0.29, 0.717) is 16.8 Å². The van der Waals surface area contributed by atoms with E-state index in [1.807, 2.05) is 30.3 Å². The summed E-state index contributed by atoms with van der Waals surface area (Å²) in [5, 5.41) is 5.19. The summed E-state index contributed by atoms with van der Waals surface area (Å²) in [5.41, 5.74) is 3.38. The van der Waals surface area contributed by atoms with Crippen LogP contribution in [0.4, 0.5) is 5.69 Å². The predicted molar refractivity (Wildman–Crippen MR) is 124 cm³/mol. The van der Waals surface area contributed by atoms with Crippen molar-refractivity contribution in [1.82, 2.24) is 14.9 Å². The Bertz CT molecular complexity index is 910. The molecule has 3 aromatic rings. The van der Waals surface area contributed by atoms with Gasteiger partial charge in [-0.2, -0.15) is 0 Å². The molecular weight excluding hydrogens is 442 g/mol. The Morgan fingerprint density at radius 2 is 1.86 bits per heavy atom. The van der Waals surface area contributed by atoms with E-state index in [2.05, 4.69) is 22.1 Å². The van der Waals surface area contributed by atoms with Gasteiger partial charge in [0.1, 0.15) is 5.52 Å². The second-order valence-corrected chi connectivity index (χ2v) is 6.73. The molecule has 0 aliphatic carbocycles. The Balaban J connectivity index is 0.00000196. The van der Waals surface area contributed by atoms with Crippen LogP contribution in [0.15, 0.2) is 30.3 Å². The maximum absolute atomic E-state index is 6.15. The van der Waals surface area contributed by atoms with Crippen molar-refractivity contribution in [3.05, 3.63) is 35.4 Å². The van der Waals surface area contributed by atoms with Gasteiger partial charge < -0.3 is 15.0 Å². The van der Waals surface area contributed by atoms with E-state index in [9.17, 15) is 0 Å². The Morgan fingerprint density at radius 1 is 1.07 bits per heavy atom. The lowest BCUT2D eigenvalue weighted by Crippen LogP contribution is -2.30. The quantitative estimate of drug-likeness (QED) is 0.363. The Kier molecular flexibility index (Phi) is 10.4. The van der Waals surface area contributed by atoms with Crippen molar-refractivity contribution in [2.75, 3.05) is 44.5 Å². The molecular formula is C19H24Cl4N4O. The van der Waals surface area contributed by atoms with Crippen LogP contribution in [0.5, 0.6) is 5.88 Å². The van der Waals surface area contributed by atoms with Crippen LogP contribution >= 0.6 is 48.0 Å². The summed E-state index contributed by atoms with van der Waals surface area (Å²) >= 11 is 12.0. The number of methoxy groups -OCH3 is 1. The number of anilines is 1. The molecule has 0 fully saturated rings. The Morgan fingerprint density at radius 3 is 2.54 bits per heavy atom. The lowest BCUT2D eigenvalue weighted by Gasteiger charge is -2.20. The molecule has 0 aliphatic heterocycles. The smallest absolute Gasteiger partial charge is 0.213 e. The first-order valence-corrected chi connectivity index (χ1v) is 9.53. The molecule has 0 spiro atoms. The van der Waals surface area contributed by atoms with Crippen LogP contribution in [0.25, 0.3) is 21.9 Å². The number of pyridine rings is 2. The number of aromatic nitrogens is 2. The molecule has 9 heteroatoms. The minimum atomic E-state index is 0. The van der Waals surface area contributed by atoms with Crippen molar-refractivity contribution in [2.24, 2.45) is 0 Å². The van der Waals surface area contributed by atoms with Crippen LogP contribution < -0.4 is 10.1 Å². The third-order valence-corrected chi connectivity index (χ3v) is 4.75. The third kappa shape index (κ3) is 5.65. The van der Waals surface area contributed by atoms with Crippen LogP contribution in [0, 0.1) is 0 Å². The highest BCUT2D eigenvalue weighted by Gasteiger charge is 2.12. The van der Waals surface area contributed by atoms with Crippen LogP contribution in [0.2, 0.25) is 5.02 Å². The average molecular weight is 466 g/mol. The van der Waals surface area contributed by atoms with E-state index in [-0.39, 0.29) is 24.8 Å². The maximum atomic E-state index is 6.15. The summed E-state index contributed by atoms with van der Waals surface area (Å²) in [6.45, 7) is 5.65. The summed E-state index contributed by atoms with van der Waals surface area (Å²) in [5.74, 6) is 1.19. The first kappa shape index (κ1) is 24.8. The molecule has 0 radical (unpaired) electrons. The number of benzene rings is 1. The lowest BCUT2D eigenvalue weighted by atomic mass is 10.1. The van der Waals surface area contributed by atoms with Gasteiger partial charge in [0.05, 0.1) is 23.8 Å². The van der Waals surface area contributed by atoms with Crippen molar-refractivity contribution in [2.45, 2.75) is 6.92 Å². The first-order chi connectivity index (χ1) is 12.7. The SMILES string of the molecule is CCN(CCCl)CCNc1c2ccc(Cl)cc2nc2ccc(OC)nc12.Cl.Cl. The largest absolute Gasteiger partial charge is 0.481 e. The minimum Gasteiger partial charge on any atom is -0.481 e. The van der Waals surface area contributed by atoms with Crippen LogP contribution in [0.1, 0.15) is 6.92 Å². The minimum absolute atomic E-state index is 0. The Hall–Kier alpha value is -1.24. The topological polar surface area (TPSA) is 50.3 Å². The molecule has 0 saturated carbocycles. The van der Waals surface area contributed by atoms with E-state index in [1.165, 1.54) is 0 Å². The highest BCUT2D eigenvalue weighted by Crippen LogP contribution is 2.32. The highest BCUT2D eigenvalue weighted by molar-refractivity contribution is 6.31. The molecule has 0 bridgehead atoms. The number of alkyl halides is 1. The summed E-state index contributed by atoms with van der Waals surface area (Å²) in [4.78, 5) is 11.6. The van der Waals surface area contributed by atoms with Gasteiger partial charge in [0, 0.05) is 42.0 Å². The van der Waals surface area contributed by atoms with E-state index in [4.69, 9.17) is 32.9 Å². The molecule has 1 aromatic carbocycles. The van der Waals surface area contributed by atoms with E-state index in [1.54, 1.807) is 7.11 Å². The highest BCUT2D eigenvalue weighted by atomic mass is 35.5. The molecule has 0 atom stereocenters. The van der Waals surface area contributed by atoms with Crippen molar-refractivity contribution < 1.29 is 4.74 Å². The van der Waals surface area contributed by atoms with Crippen LogP contribution in [-0.2, 0) is 0 Å². The van der Waals surface area contributed by atoms with Gasteiger partial charge in [-0.15, -0.1) is 36.4 Å². The maximum Gasteiger partial charge on any atom is 0.213 e. The molecule has 1 N–H and O–H groups in total. The van der Waals surface area contributed by atoms with Gasteiger partial charge in [0.15, 0.2) is 0 Å². The van der Waals surface area contributed by atoms with Crippen molar-refractivity contribution in [3.8, 4) is 5.88 Å². The molecule has 0 saturated heterocycles. The van der Waals surface area contributed by atoms with Crippen LogP contribution in [-0.4, -0.2) is 54.0 Å².